The van der Waals surface area contributed by atoms with Gasteiger partial charge in [0.25, 0.3) is 0 Å². The fourth-order valence-electron chi connectivity index (χ4n) is 2.50. The number of nitrogens with zero attached hydrogens (tertiary/aromatic N) is 2. The molecule has 0 radical (unpaired) electrons. The maximum absolute atomic E-state index is 12.4. The Labute approximate surface area is 112 Å². The molecule has 2 unspecified atom stereocenters. The number of carbonyl (C=O) groups is 2. The number of amides is 1. The van der Waals surface area contributed by atoms with E-state index in [2.05, 4.69) is 0 Å². The summed E-state index contributed by atoms with van der Waals surface area (Å²) in [6.07, 6.45) is 2.19. The lowest BCUT2D eigenvalue weighted by atomic mass is 9.94. The van der Waals surface area contributed by atoms with Crippen LogP contribution in [0.25, 0.3) is 0 Å². The normalized spacial score (nSPS) is 21.9. The van der Waals surface area contributed by atoms with Crippen LogP contribution in [-0.2, 0) is 14.3 Å². The second kappa shape index (κ2) is 7.74. The summed E-state index contributed by atoms with van der Waals surface area (Å²) in [4.78, 5) is 25.0. The molecule has 6 nitrogen and oxygen atoms in total. The van der Waals surface area contributed by atoms with Crippen LogP contribution in [-0.4, -0.2) is 48.7 Å². The predicted octanol–water partition coefficient (Wildman–Crippen LogP) is 0.876. The van der Waals surface area contributed by atoms with Gasteiger partial charge in [-0.3, -0.25) is 9.59 Å². The predicted molar refractivity (Wildman–Crippen MR) is 67.2 cm³/mol. The molecule has 0 aromatic carbocycles. The first-order valence-electron chi connectivity index (χ1n) is 6.49. The Balaban J connectivity index is 2.68. The summed E-state index contributed by atoms with van der Waals surface area (Å²) in [5, 5.41) is 17.7. The van der Waals surface area contributed by atoms with E-state index in [1.54, 1.807) is 12.0 Å². The lowest BCUT2D eigenvalue weighted by Crippen LogP contribution is -2.41. The lowest BCUT2D eigenvalue weighted by molar-refractivity contribution is -0.149. The van der Waals surface area contributed by atoms with E-state index in [9.17, 15) is 9.59 Å². The molecule has 0 bridgehead atoms. The molecule has 6 heteroatoms. The van der Waals surface area contributed by atoms with Gasteiger partial charge in [-0.1, -0.05) is 6.42 Å². The molecule has 0 aromatic heterocycles. The third kappa shape index (κ3) is 4.21. The Morgan fingerprint density at radius 1 is 1.37 bits per heavy atom. The number of nitriles is 1. The molecule has 2 atom stereocenters. The number of aliphatic carboxylic acids is 1. The summed E-state index contributed by atoms with van der Waals surface area (Å²) in [7, 11) is 1.54. The Morgan fingerprint density at radius 2 is 2.05 bits per heavy atom. The molecule has 1 saturated carbocycles. The molecule has 0 heterocycles. The zero-order chi connectivity index (χ0) is 14.3. The first-order chi connectivity index (χ1) is 9.11. The van der Waals surface area contributed by atoms with Crippen molar-refractivity contribution in [3.63, 3.8) is 0 Å². The summed E-state index contributed by atoms with van der Waals surface area (Å²) in [5.41, 5.74) is 0. The fraction of sp³-hybridized carbons (Fsp3) is 0.769. The maximum Gasteiger partial charge on any atom is 0.307 e. The van der Waals surface area contributed by atoms with Gasteiger partial charge in [-0.15, -0.1) is 0 Å². The van der Waals surface area contributed by atoms with Crippen molar-refractivity contribution in [1.82, 2.24) is 4.90 Å². The topological polar surface area (TPSA) is 90.6 Å². The first-order valence-corrected chi connectivity index (χ1v) is 6.49. The third-order valence-corrected chi connectivity index (χ3v) is 3.52. The van der Waals surface area contributed by atoms with Crippen molar-refractivity contribution in [2.45, 2.75) is 25.7 Å². The van der Waals surface area contributed by atoms with Gasteiger partial charge in [0.1, 0.15) is 0 Å². The van der Waals surface area contributed by atoms with Crippen molar-refractivity contribution in [3.8, 4) is 6.07 Å². The highest BCUT2D eigenvalue weighted by atomic mass is 16.5. The molecular weight excluding hydrogens is 248 g/mol. The van der Waals surface area contributed by atoms with Crippen LogP contribution in [0.3, 0.4) is 0 Å². The number of methoxy groups -OCH3 is 1. The van der Waals surface area contributed by atoms with Crippen LogP contribution >= 0.6 is 0 Å². The Kier molecular flexibility index (Phi) is 6.30. The second-order valence-electron chi connectivity index (χ2n) is 4.71. The number of carboxylic acids is 1. The molecule has 1 aliphatic rings. The highest BCUT2D eigenvalue weighted by Crippen LogP contribution is 2.33. The van der Waals surface area contributed by atoms with Gasteiger partial charge in [0, 0.05) is 20.2 Å². The van der Waals surface area contributed by atoms with Crippen molar-refractivity contribution in [2.75, 3.05) is 26.8 Å². The summed E-state index contributed by atoms with van der Waals surface area (Å²) < 4.78 is 4.95. The molecule has 106 valence electrons. The molecule has 1 fully saturated rings. The van der Waals surface area contributed by atoms with Gasteiger partial charge in [0.2, 0.25) is 5.91 Å². The van der Waals surface area contributed by atoms with Crippen LogP contribution in [0.15, 0.2) is 0 Å². The summed E-state index contributed by atoms with van der Waals surface area (Å²) in [6.45, 7) is 1.13. The summed E-state index contributed by atoms with van der Waals surface area (Å²) in [5.74, 6) is -2.09. The highest BCUT2D eigenvalue weighted by Gasteiger charge is 2.39. The van der Waals surface area contributed by atoms with Crippen LogP contribution in [0.4, 0.5) is 0 Å². The highest BCUT2D eigenvalue weighted by molar-refractivity contribution is 5.85. The number of carbonyl (C=O) groups excluding carboxylic acids is 1. The number of rotatable bonds is 7. The van der Waals surface area contributed by atoms with E-state index in [0.29, 0.717) is 32.5 Å². The number of ether oxygens (including phenoxy) is 1. The molecule has 1 aliphatic carbocycles. The van der Waals surface area contributed by atoms with Crippen molar-refractivity contribution in [1.29, 1.82) is 5.26 Å². The third-order valence-electron chi connectivity index (χ3n) is 3.52. The first kappa shape index (κ1) is 15.4. The van der Waals surface area contributed by atoms with E-state index >= 15 is 0 Å². The number of hydrogen-bond donors (Lipinski definition) is 1. The molecule has 19 heavy (non-hydrogen) atoms. The van der Waals surface area contributed by atoms with Crippen LogP contribution in [0.2, 0.25) is 0 Å². The monoisotopic (exact) mass is 268 g/mol. The Bertz CT molecular complexity index is 364. The van der Waals surface area contributed by atoms with Gasteiger partial charge in [-0.2, -0.15) is 5.26 Å². The van der Waals surface area contributed by atoms with E-state index in [4.69, 9.17) is 15.1 Å². The van der Waals surface area contributed by atoms with Gasteiger partial charge >= 0.3 is 5.97 Å². The average molecular weight is 268 g/mol. The van der Waals surface area contributed by atoms with Crippen LogP contribution < -0.4 is 0 Å². The van der Waals surface area contributed by atoms with Crippen molar-refractivity contribution < 1.29 is 19.4 Å². The molecule has 0 spiro atoms. The Morgan fingerprint density at radius 3 is 2.63 bits per heavy atom. The smallest absolute Gasteiger partial charge is 0.307 e. The van der Waals surface area contributed by atoms with Gasteiger partial charge in [0.15, 0.2) is 0 Å². The molecule has 0 saturated heterocycles. The summed E-state index contributed by atoms with van der Waals surface area (Å²) in [6, 6.07) is 2.00. The zero-order valence-electron chi connectivity index (χ0n) is 11.2. The van der Waals surface area contributed by atoms with E-state index < -0.39 is 17.8 Å². The minimum absolute atomic E-state index is 0.155. The van der Waals surface area contributed by atoms with Crippen LogP contribution in [0, 0.1) is 23.2 Å². The van der Waals surface area contributed by atoms with E-state index in [-0.39, 0.29) is 12.3 Å². The molecule has 0 aromatic rings. The second-order valence-corrected chi connectivity index (χ2v) is 4.71. The van der Waals surface area contributed by atoms with E-state index in [1.807, 2.05) is 6.07 Å². The standard InChI is InChI=1S/C13H20N2O4/c1-19-9-8-15(7-3-6-14)12(16)10-4-2-5-11(10)13(17)18/h10-11H,2-5,7-9H2,1H3,(H,17,18). The largest absolute Gasteiger partial charge is 0.481 e. The van der Waals surface area contributed by atoms with Crippen molar-refractivity contribution >= 4 is 11.9 Å². The Hall–Kier alpha value is -1.61. The molecular formula is C13H20N2O4. The van der Waals surface area contributed by atoms with Gasteiger partial charge in [0.05, 0.1) is 30.9 Å². The van der Waals surface area contributed by atoms with Crippen LogP contribution in [0.5, 0.6) is 0 Å². The SMILES string of the molecule is COCCN(CCC#N)C(=O)C1CCCC1C(=O)O. The lowest BCUT2D eigenvalue weighted by Gasteiger charge is -2.26. The molecule has 1 N–H and O–H groups in total. The number of carboxylic acid groups (broad SMARTS) is 1. The van der Waals surface area contributed by atoms with E-state index in [0.717, 1.165) is 6.42 Å². The molecule has 0 aliphatic heterocycles. The minimum Gasteiger partial charge on any atom is -0.481 e. The fourth-order valence-corrected chi connectivity index (χ4v) is 2.50. The van der Waals surface area contributed by atoms with Crippen molar-refractivity contribution in [2.24, 2.45) is 11.8 Å². The van der Waals surface area contributed by atoms with Gasteiger partial charge < -0.3 is 14.7 Å². The van der Waals surface area contributed by atoms with Gasteiger partial charge in [-0.25, -0.2) is 0 Å². The molecule has 1 amide bonds. The minimum atomic E-state index is -0.900. The van der Waals surface area contributed by atoms with Crippen LogP contribution in [0.1, 0.15) is 25.7 Å². The van der Waals surface area contributed by atoms with E-state index in [1.165, 1.54) is 0 Å². The maximum atomic E-state index is 12.4. The quantitative estimate of drug-likeness (QED) is 0.740. The van der Waals surface area contributed by atoms with Gasteiger partial charge in [-0.05, 0) is 12.8 Å². The molecule has 1 rings (SSSR count). The zero-order valence-corrected chi connectivity index (χ0v) is 11.2. The average Bonchev–Trinajstić information content (AvgIpc) is 2.87. The van der Waals surface area contributed by atoms with Crippen molar-refractivity contribution in [3.05, 3.63) is 0 Å². The number of hydrogen-bond acceptors (Lipinski definition) is 4. The summed E-state index contributed by atoms with van der Waals surface area (Å²) >= 11 is 0.